The van der Waals surface area contributed by atoms with E-state index in [4.69, 9.17) is 19.3 Å². The van der Waals surface area contributed by atoms with Gasteiger partial charge in [0.1, 0.15) is 4.90 Å². The SMILES string of the molecule is O=S(=O)(O)c1ccc(O)c(O)c1S(=O)(=O)O.[H-].[Na+]. The van der Waals surface area contributed by atoms with Crippen molar-refractivity contribution < 1.29 is 67.1 Å². The zero-order valence-corrected chi connectivity index (χ0v) is 12.0. The summed E-state index contributed by atoms with van der Waals surface area (Å²) in [6.45, 7) is 0. The molecule has 0 aliphatic carbocycles. The fourth-order valence-corrected chi connectivity index (χ4v) is 2.87. The molecule has 8 nitrogen and oxygen atoms in total. The molecule has 0 aliphatic rings. The minimum Gasteiger partial charge on any atom is -1.00 e. The molecule has 0 radical (unpaired) electrons. The van der Waals surface area contributed by atoms with Crippen LogP contribution >= 0.6 is 0 Å². The van der Waals surface area contributed by atoms with Crippen molar-refractivity contribution in [2.24, 2.45) is 0 Å². The van der Waals surface area contributed by atoms with Crippen LogP contribution in [0.1, 0.15) is 1.43 Å². The Labute approximate surface area is 120 Å². The first-order chi connectivity index (χ1) is 7.05. The third-order valence-corrected chi connectivity index (χ3v) is 3.56. The van der Waals surface area contributed by atoms with Crippen LogP contribution in [0, 0.1) is 0 Å². The second kappa shape index (κ2) is 5.10. The van der Waals surface area contributed by atoms with E-state index < -0.39 is 41.5 Å². The van der Waals surface area contributed by atoms with Gasteiger partial charge in [-0.3, -0.25) is 9.11 Å². The van der Waals surface area contributed by atoms with Crippen molar-refractivity contribution in [3.05, 3.63) is 12.1 Å². The van der Waals surface area contributed by atoms with E-state index in [0.717, 1.165) is 0 Å². The molecule has 17 heavy (non-hydrogen) atoms. The largest absolute Gasteiger partial charge is 1.00 e. The van der Waals surface area contributed by atoms with Gasteiger partial charge in [-0.1, -0.05) is 0 Å². The summed E-state index contributed by atoms with van der Waals surface area (Å²) in [4.78, 5) is -2.71. The summed E-state index contributed by atoms with van der Waals surface area (Å²) in [5.74, 6) is -2.32. The van der Waals surface area contributed by atoms with Gasteiger partial charge in [0.05, 0.1) is 0 Å². The maximum atomic E-state index is 10.8. The standard InChI is InChI=1S/C6H6O8S2.Na.H/c7-3-1-2-4(15(9,10)11)6(5(3)8)16(12,13)14;;/h1-2,7-8H,(H,9,10,11)(H,12,13,14);;/q;+1;-1. The predicted molar refractivity (Wildman–Crippen MR) is 50.5 cm³/mol. The Bertz CT molecular complexity index is 638. The Kier molecular flexibility index (Phi) is 4.99. The fourth-order valence-electron chi connectivity index (χ4n) is 0.995. The molecule has 4 N–H and O–H groups in total. The summed E-state index contributed by atoms with van der Waals surface area (Å²) in [6.07, 6.45) is 0. The van der Waals surface area contributed by atoms with Gasteiger partial charge in [-0.25, -0.2) is 0 Å². The molecule has 0 saturated heterocycles. The summed E-state index contributed by atoms with van der Waals surface area (Å²) >= 11 is 0. The number of benzene rings is 1. The number of aromatic hydroxyl groups is 2. The van der Waals surface area contributed by atoms with Gasteiger partial charge in [-0.05, 0) is 12.1 Å². The van der Waals surface area contributed by atoms with Gasteiger partial charge in [-0.2, -0.15) is 16.8 Å². The van der Waals surface area contributed by atoms with Crippen LogP contribution in [0.15, 0.2) is 21.9 Å². The molecule has 0 aromatic heterocycles. The average molecular weight is 294 g/mol. The Morgan fingerprint density at radius 1 is 0.941 bits per heavy atom. The second-order valence-electron chi connectivity index (χ2n) is 2.71. The van der Waals surface area contributed by atoms with Crippen LogP contribution in [0.2, 0.25) is 0 Å². The average Bonchev–Trinajstić information content (AvgIpc) is 2.05. The van der Waals surface area contributed by atoms with Gasteiger partial charge in [-0.15, -0.1) is 0 Å². The van der Waals surface area contributed by atoms with Crippen molar-refractivity contribution in [1.29, 1.82) is 0 Å². The Hall–Kier alpha value is -0.360. The Morgan fingerprint density at radius 3 is 1.76 bits per heavy atom. The molecular formula is C6H7NaO8S2. The summed E-state index contributed by atoms with van der Waals surface area (Å²) in [5, 5.41) is 18.1. The van der Waals surface area contributed by atoms with Crippen molar-refractivity contribution in [3.8, 4) is 11.5 Å². The van der Waals surface area contributed by atoms with Crippen molar-refractivity contribution in [3.63, 3.8) is 0 Å². The molecule has 0 saturated carbocycles. The van der Waals surface area contributed by atoms with Crippen LogP contribution in [-0.2, 0) is 20.2 Å². The van der Waals surface area contributed by atoms with E-state index in [1.807, 2.05) is 0 Å². The third kappa shape index (κ3) is 3.55. The molecule has 0 atom stereocenters. The minimum atomic E-state index is -5.12. The van der Waals surface area contributed by atoms with Crippen molar-refractivity contribution in [2.45, 2.75) is 9.79 Å². The number of phenols is 2. The van der Waals surface area contributed by atoms with Crippen molar-refractivity contribution >= 4 is 20.2 Å². The van der Waals surface area contributed by atoms with E-state index in [9.17, 15) is 16.8 Å². The van der Waals surface area contributed by atoms with Gasteiger partial charge in [0.15, 0.2) is 16.4 Å². The van der Waals surface area contributed by atoms with Gasteiger partial charge in [0, 0.05) is 0 Å². The van der Waals surface area contributed by atoms with E-state index in [1.165, 1.54) is 0 Å². The monoisotopic (exact) mass is 294 g/mol. The molecule has 0 amide bonds. The zero-order valence-electron chi connectivity index (χ0n) is 9.39. The van der Waals surface area contributed by atoms with Gasteiger partial charge >= 0.3 is 29.6 Å². The van der Waals surface area contributed by atoms with Crippen LogP contribution < -0.4 is 29.6 Å². The molecule has 1 aromatic carbocycles. The fraction of sp³-hybridized carbons (Fsp3) is 0. The Balaban J connectivity index is 0. The van der Waals surface area contributed by atoms with Gasteiger partial charge in [0.2, 0.25) is 0 Å². The van der Waals surface area contributed by atoms with E-state index in [0.29, 0.717) is 12.1 Å². The van der Waals surface area contributed by atoms with Crippen LogP contribution in [-0.4, -0.2) is 36.2 Å². The number of rotatable bonds is 2. The maximum absolute atomic E-state index is 10.8. The first kappa shape index (κ1) is 16.6. The number of hydrogen-bond acceptors (Lipinski definition) is 6. The van der Waals surface area contributed by atoms with E-state index >= 15 is 0 Å². The first-order valence-electron chi connectivity index (χ1n) is 3.55. The van der Waals surface area contributed by atoms with Gasteiger partial charge < -0.3 is 11.6 Å². The second-order valence-corrected chi connectivity index (χ2v) is 5.46. The molecule has 0 bridgehead atoms. The molecule has 1 rings (SSSR count). The molecule has 0 spiro atoms. The number of phenolic OH excluding ortho intramolecular Hbond substituents is 2. The Morgan fingerprint density at radius 2 is 1.41 bits per heavy atom. The topological polar surface area (TPSA) is 149 Å². The predicted octanol–water partition coefficient (Wildman–Crippen LogP) is -3.29. The maximum Gasteiger partial charge on any atom is 1.00 e. The first-order valence-corrected chi connectivity index (χ1v) is 6.43. The van der Waals surface area contributed by atoms with Crippen LogP contribution in [0.4, 0.5) is 0 Å². The van der Waals surface area contributed by atoms with Gasteiger partial charge in [0.25, 0.3) is 20.2 Å². The normalized spacial score (nSPS) is 11.9. The molecule has 0 heterocycles. The summed E-state index contributed by atoms with van der Waals surface area (Å²) < 4.78 is 60.4. The van der Waals surface area contributed by atoms with Crippen LogP contribution in [0.3, 0.4) is 0 Å². The van der Waals surface area contributed by atoms with Crippen molar-refractivity contribution in [2.75, 3.05) is 0 Å². The van der Waals surface area contributed by atoms with E-state index in [2.05, 4.69) is 0 Å². The summed E-state index contributed by atoms with van der Waals surface area (Å²) in [6, 6.07) is 1.17. The molecule has 0 unspecified atom stereocenters. The quantitative estimate of drug-likeness (QED) is 0.252. The van der Waals surface area contributed by atoms with E-state index in [1.54, 1.807) is 0 Å². The molecule has 0 fully saturated rings. The molecule has 92 valence electrons. The minimum absolute atomic E-state index is 0. The summed E-state index contributed by atoms with van der Waals surface area (Å²) in [5.41, 5.74) is 0. The van der Waals surface area contributed by atoms with Crippen molar-refractivity contribution in [1.82, 2.24) is 0 Å². The van der Waals surface area contributed by atoms with E-state index in [-0.39, 0.29) is 31.0 Å². The zero-order chi connectivity index (χ0) is 12.7. The summed E-state index contributed by atoms with van der Waals surface area (Å²) in [7, 11) is -10.1. The molecule has 0 aliphatic heterocycles. The smallest absolute Gasteiger partial charge is 1.00 e. The molecular weight excluding hydrogens is 287 g/mol. The molecule has 1 aromatic rings. The number of hydrogen-bond donors (Lipinski definition) is 4. The molecule has 11 heteroatoms. The third-order valence-electron chi connectivity index (χ3n) is 1.61. The van der Waals surface area contributed by atoms with Crippen LogP contribution in [0.5, 0.6) is 11.5 Å². The van der Waals surface area contributed by atoms with Crippen LogP contribution in [0.25, 0.3) is 0 Å².